The van der Waals surface area contributed by atoms with Crippen LogP contribution in [0.15, 0.2) is 0 Å². The zero-order valence-corrected chi connectivity index (χ0v) is 12.2. The number of likely N-dealkylation sites (tertiary alicyclic amines) is 1. The minimum Gasteiger partial charge on any atom is -0.343 e. The molecule has 106 valence electrons. The van der Waals surface area contributed by atoms with E-state index in [1.165, 1.54) is 19.3 Å². The lowest BCUT2D eigenvalue weighted by molar-refractivity contribution is -0.130. The van der Waals surface area contributed by atoms with Gasteiger partial charge in [-0.3, -0.25) is 4.79 Å². The predicted octanol–water partition coefficient (Wildman–Crippen LogP) is 2.93. The third kappa shape index (κ3) is 5.85. The Morgan fingerprint density at radius 3 is 2.83 bits per heavy atom. The van der Waals surface area contributed by atoms with E-state index in [4.69, 9.17) is 5.73 Å². The Hall–Kier alpha value is -0.570. The van der Waals surface area contributed by atoms with Crippen molar-refractivity contribution in [1.29, 1.82) is 0 Å². The molecule has 0 aromatic carbocycles. The normalized spacial score (nSPS) is 22.9. The van der Waals surface area contributed by atoms with E-state index in [2.05, 4.69) is 11.8 Å². The van der Waals surface area contributed by atoms with Gasteiger partial charge in [-0.1, -0.05) is 26.2 Å². The number of nitrogens with two attached hydrogens (primary N) is 1. The topological polar surface area (TPSA) is 46.3 Å². The van der Waals surface area contributed by atoms with Gasteiger partial charge in [-0.2, -0.15) is 0 Å². The quantitative estimate of drug-likeness (QED) is 0.710. The molecule has 1 aliphatic heterocycles. The molecule has 1 heterocycles. The molecule has 2 atom stereocenters. The van der Waals surface area contributed by atoms with Gasteiger partial charge < -0.3 is 10.6 Å². The predicted molar refractivity (Wildman–Crippen MR) is 76.3 cm³/mol. The Bertz CT molecular complexity index is 241. The lowest BCUT2D eigenvalue weighted by Gasteiger charge is -2.21. The van der Waals surface area contributed by atoms with Crippen LogP contribution < -0.4 is 5.73 Å². The molecule has 3 nitrogen and oxygen atoms in total. The number of rotatable bonds is 7. The third-order valence-corrected chi connectivity index (χ3v) is 3.96. The summed E-state index contributed by atoms with van der Waals surface area (Å²) >= 11 is 0. The van der Waals surface area contributed by atoms with Crippen molar-refractivity contribution in [3.05, 3.63) is 0 Å². The lowest BCUT2D eigenvalue weighted by Crippen LogP contribution is -2.31. The van der Waals surface area contributed by atoms with Crippen LogP contribution >= 0.6 is 0 Å². The lowest BCUT2D eigenvalue weighted by atomic mass is 9.96. The maximum absolute atomic E-state index is 12.0. The first-order chi connectivity index (χ1) is 8.63. The van der Waals surface area contributed by atoms with E-state index in [1.54, 1.807) is 0 Å². The van der Waals surface area contributed by atoms with Gasteiger partial charge >= 0.3 is 0 Å². The first-order valence-corrected chi connectivity index (χ1v) is 7.66. The van der Waals surface area contributed by atoms with E-state index in [-0.39, 0.29) is 0 Å². The van der Waals surface area contributed by atoms with Crippen LogP contribution in [0.4, 0.5) is 0 Å². The van der Waals surface area contributed by atoms with Crippen molar-refractivity contribution < 1.29 is 4.79 Å². The van der Waals surface area contributed by atoms with Crippen LogP contribution in [0.2, 0.25) is 0 Å². The highest BCUT2D eigenvalue weighted by atomic mass is 16.2. The highest BCUT2D eigenvalue weighted by Gasteiger charge is 2.21. The average molecular weight is 254 g/mol. The van der Waals surface area contributed by atoms with Gasteiger partial charge in [-0.15, -0.1) is 0 Å². The van der Waals surface area contributed by atoms with Crippen LogP contribution in [-0.4, -0.2) is 29.9 Å². The molecular weight excluding hydrogens is 224 g/mol. The molecule has 1 saturated heterocycles. The minimum absolute atomic E-state index is 0.291. The molecule has 1 fully saturated rings. The van der Waals surface area contributed by atoms with Crippen LogP contribution in [-0.2, 0) is 4.79 Å². The van der Waals surface area contributed by atoms with E-state index >= 15 is 0 Å². The third-order valence-electron chi connectivity index (χ3n) is 3.96. The van der Waals surface area contributed by atoms with E-state index < -0.39 is 0 Å². The number of nitrogens with zero attached hydrogens (tertiary/aromatic N) is 1. The van der Waals surface area contributed by atoms with Crippen molar-refractivity contribution in [2.45, 2.75) is 71.3 Å². The van der Waals surface area contributed by atoms with Crippen LogP contribution in [0, 0.1) is 5.92 Å². The Labute approximate surface area is 112 Å². The first-order valence-electron chi connectivity index (χ1n) is 7.66. The molecule has 0 aromatic heterocycles. The highest BCUT2D eigenvalue weighted by Crippen LogP contribution is 2.22. The van der Waals surface area contributed by atoms with E-state index in [0.29, 0.717) is 11.9 Å². The summed E-state index contributed by atoms with van der Waals surface area (Å²) in [5.41, 5.74) is 5.73. The zero-order valence-electron chi connectivity index (χ0n) is 12.2. The molecule has 0 saturated carbocycles. The zero-order chi connectivity index (χ0) is 13.4. The maximum atomic E-state index is 12.0. The fraction of sp³-hybridized carbons (Fsp3) is 0.933. The molecule has 1 amide bonds. The van der Waals surface area contributed by atoms with Crippen molar-refractivity contribution in [3.63, 3.8) is 0 Å². The minimum atomic E-state index is 0.291. The molecule has 0 spiro atoms. The summed E-state index contributed by atoms with van der Waals surface area (Å²) in [6, 6.07) is 0.291. The molecule has 0 aromatic rings. The summed E-state index contributed by atoms with van der Waals surface area (Å²) in [7, 11) is 0. The Morgan fingerprint density at radius 1 is 1.39 bits per heavy atom. The number of amides is 1. The maximum Gasteiger partial charge on any atom is 0.222 e. The Morgan fingerprint density at radius 2 is 2.17 bits per heavy atom. The Kier molecular flexibility index (Phi) is 7.33. The van der Waals surface area contributed by atoms with Gasteiger partial charge in [0.1, 0.15) is 0 Å². The summed E-state index contributed by atoms with van der Waals surface area (Å²) in [4.78, 5) is 14.1. The largest absolute Gasteiger partial charge is 0.343 e. The van der Waals surface area contributed by atoms with Gasteiger partial charge in [0.15, 0.2) is 0 Å². The molecule has 1 rings (SSSR count). The van der Waals surface area contributed by atoms with Gasteiger partial charge in [0, 0.05) is 25.6 Å². The van der Waals surface area contributed by atoms with Gasteiger partial charge in [-0.25, -0.2) is 0 Å². The molecule has 18 heavy (non-hydrogen) atoms. The second-order valence-electron chi connectivity index (χ2n) is 5.84. The standard InChI is InChI=1S/C15H30N2O/c1-3-6-14-8-9-15(18)17(12-10-14)11-5-4-7-13(2)16/h13-14H,3-12,16H2,1-2H3. The Balaban J connectivity index is 2.25. The number of unbranched alkanes of at least 4 members (excludes halogenated alkanes) is 1. The monoisotopic (exact) mass is 254 g/mol. The summed E-state index contributed by atoms with van der Waals surface area (Å²) in [6.45, 7) is 6.19. The van der Waals surface area contributed by atoms with Crippen molar-refractivity contribution in [3.8, 4) is 0 Å². The van der Waals surface area contributed by atoms with Crippen LogP contribution in [0.1, 0.15) is 65.2 Å². The number of hydrogen-bond acceptors (Lipinski definition) is 2. The molecular formula is C15H30N2O. The molecule has 0 radical (unpaired) electrons. The summed E-state index contributed by atoms with van der Waals surface area (Å²) < 4.78 is 0. The summed E-state index contributed by atoms with van der Waals surface area (Å²) in [6.07, 6.45) is 8.90. The van der Waals surface area contributed by atoms with Crippen molar-refractivity contribution in [2.24, 2.45) is 11.7 Å². The molecule has 2 N–H and O–H groups in total. The second kappa shape index (κ2) is 8.52. The molecule has 0 bridgehead atoms. The molecule has 1 aliphatic rings. The average Bonchev–Trinajstić information content (AvgIpc) is 2.49. The van der Waals surface area contributed by atoms with E-state index in [0.717, 1.165) is 51.1 Å². The van der Waals surface area contributed by atoms with Crippen molar-refractivity contribution in [1.82, 2.24) is 4.90 Å². The SMILES string of the molecule is CCCC1CCC(=O)N(CCCCC(C)N)CC1. The molecule has 2 unspecified atom stereocenters. The molecule has 3 heteroatoms. The van der Waals surface area contributed by atoms with E-state index in [9.17, 15) is 4.79 Å². The fourth-order valence-corrected chi connectivity index (χ4v) is 2.80. The van der Waals surface area contributed by atoms with Crippen molar-refractivity contribution in [2.75, 3.05) is 13.1 Å². The highest BCUT2D eigenvalue weighted by molar-refractivity contribution is 5.76. The number of hydrogen-bond donors (Lipinski definition) is 1. The number of carbonyl (C=O) groups excluding carboxylic acids is 1. The van der Waals surface area contributed by atoms with Crippen LogP contribution in [0.3, 0.4) is 0 Å². The van der Waals surface area contributed by atoms with E-state index in [1.807, 2.05) is 6.92 Å². The van der Waals surface area contributed by atoms with Crippen LogP contribution in [0.5, 0.6) is 0 Å². The van der Waals surface area contributed by atoms with Gasteiger partial charge in [-0.05, 0) is 38.5 Å². The molecule has 0 aliphatic carbocycles. The van der Waals surface area contributed by atoms with Crippen LogP contribution in [0.25, 0.3) is 0 Å². The van der Waals surface area contributed by atoms with Gasteiger partial charge in [0.05, 0.1) is 0 Å². The smallest absolute Gasteiger partial charge is 0.222 e. The first kappa shape index (κ1) is 15.5. The fourth-order valence-electron chi connectivity index (χ4n) is 2.80. The van der Waals surface area contributed by atoms with Gasteiger partial charge in [0.2, 0.25) is 5.91 Å². The summed E-state index contributed by atoms with van der Waals surface area (Å²) in [5.74, 6) is 1.14. The summed E-state index contributed by atoms with van der Waals surface area (Å²) in [5, 5.41) is 0. The second-order valence-corrected chi connectivity index (χ2v) is 5.84. The number of carbonyl (C=O) groups is 1. The van der Waals surface area contributed by atoms with Crippen molar-refractivity contribution >= 4 is 5.91 Å². The van der Waals surface area contributed by atoms with Gasteiger partial charge in [0.25, 0.3) is 0 Å².